The van der Waals surface area contributed by atoms with Crippen molar-refractivity contribution in [1.82, 2.24) is 0 Å². The molecule has 0 aliphatic carbocycles. The number of hydrogen-bond acceptors (Lipinski definition) is 2. The first kappa shape index (κ1) is 6.43. The maximum atomic E-state index is 9.99. The zero-order chi connectivity index (χ0) is 5.70. The molecule has 0 rings (SSSR count). The molecule has 0 unspecified atom stereocenters. The third-order valence-corrected chi connectivity index (χ3v) is 0.509. The van der Waals surface area contributed by atoms with Gasteiger partial charge in [0.1, 0.15) is 0 Å². The van der Waals surface area contributed by atoms with Crippen molar-refractivity contribution in [1.29, 1.82) is 0 Å². The highest BCUT2D eigenvalue weighted by Crippen LogP contribution is 1.79. The van der Waals surface area contributed by atoms with Crippen LogP contribution in [-0.4, -0.2) is 12.8 Å². The van der Waals surface area contributed by atoms with Crippen molar-refractivity contribution in [3.05, 3.63) is 0 Å². The fourth-order valence-corrected chi connectivity index (χ4v) is 0.168. The standard InChI is InChI=1S/C4H7O3/c1-2-4(6)7-3-5/h2-3H2,1H3. The Morgan fingerprint density at radius 1 is 1.71 bits per heavy atom. The molecule has 0 heterocycles. The second kappa shape index (κ2) is 3.61. The van der Waals surface area contributed by atoms with Gasteiger partial charge in [0.15, 0.2) is 0 Å². The Morgan fingerprint density at radius 3 is 2.43 bits per heavy atom. The fourth-order valence-electron chi connectivity index (χ4n) is 0.168. The number of hydrogen-bond donors (Lipinski definition) is 0. The normalized spacial score (nSPS) is 8.29. The number of ether oxygens (including phenoxy) is 1. The van der Waals surface area contributed by atoms with Gasteiger partial charge in [0, 0.05) is 6.42 Å². The first-order chi connectivity index (χ1) is 3.31. The average Bonchev–Trinajstić information content (AvgIpc) is 1.68. The summed E-state index contributed by atoms with van der Waals surface area (Å²) in [6.45, 7) is 0.880. The summed E-state index contributed by atoms with van der Waals surface area (Å²) in [5.74, 6) is -0.435. The molecular weight excluding hydrogens is 96.0 g/mol. The molecule has 0 aliphatic rings. The van der Waals surface area contributed by atoms with E-state index in [0.29, 0.717) is 0 Å². The Labute approximate surface area is 41.9 Å². The lowest BCUT2D eigenvalue weighted by Gasteiger charge is -1.91. The van der Waals surface area contributed by atoms with Crippen LogP contribution in [0.15, 0.2) is 0 Å². The van der Waals surface area contributed by atoms with Crippen LogP contribution < -0.4 is 0 Å². The fraction of sp³-hybridized carbons (Fsp3) is 0.750. The Bertz CT molecular complexity index is 60.0. The van der Waals surface area contributed by atoms with Crippen LogP contribution >= 0.6 is 0 Å². The van der Waals surface area contributed by atoms with Crippen LogP contribution in [0.2, 0.25) is 0 Å². The van der Waals surface area contributed by atoms with Crippen LogP contribution in [0.5, 0.6) is 0 Å². The molecule has 0 aromatic heterocycles. The molecule has 0 aromatic rings. The van der Waals surface area contributed by atoms with Gasteiger partial charge in [-0.05, 0) is 0 Å². The zero-order valence-corrected chi connectivity index (χ0v) is 4.14. The minimum absolute atomic E-state index is 0.280. The van der Waals surface area contributed by atoms with Crippen molar-refractivity contribution in [3.8, 4) is 0 Å². The first-order valence-corrected chi connectivity index (χ1v) is 2.05. The van der Waals surface area contributed by atoms with Crippen molar-refractivity contribution in [2.45, 2.75) is 13.3 Å². The van der Waals surface area contributed by atoms with Crippen molar-refractivity contribution in [2.24, 2.45) is 0 Å². The monoisotopic (exact) mass is 103 g/mol. The van der Waals surface area contributed by atoms with E-state index >= 15 is 0 Å². The lowest BCUT2D eigenvalue weighted by Crippen LogP contribution is -2.01. The van der Waals surface area contributed by atoms with Gasteiger partial charge in [0.2, 0.25) is 6.79 Å². The minimum atomic E-state index is -0.757. The van der Waals surface area contributed by atoms with Crippen molar-refractivity contribution < 1.29 is 14.6 Å². The highest BCUT2D eigenvalue weighted by atomic mass is 16.6. The van der Waals surface area contributed by atoms with E-state index in [4.69, 9.17) is 0 Å². The number of esters is 1. The Hall–Kier alpha value is -0.570. The van der Waals surface area contributed by atoms with E-state index in [1.54, 1.807) is 6.92 Å². The topological polar surface area (TPSA) is 46.2 Å². The molecule has 0 spiro atoms. The van der Waals surface area contributed by atoms with Gasteiger partial charge in [-0.25, -0.2) is 0 Å². The molecule has 0 saturated carbocycles. The first-order valence-electron chi connectivity index (χ1n) is 2.05. The van der Waals surface area contributed by atoms with E-state index in [0.717, 1.165) is 0 Å². The van der Waals surface area contributed by atoms with Crippen LogP contribution in [0.25, 0.3) is 0 Å². The third kappa shape index (κ3) is 3.26. The average molecular weight is 103 g/mol. The second-order valence-electron chi connectivity index (χ2n) is 0.988. The van der Waals surface area contributed by atoms with Gasteiger partial charge in [-0.2, -0.15) is 5.11 Å². The molecule has 3 heteroatoms. The molecule has 0 N–H and O–H groups in total. The SMILES string of the molecule is CCC(=O)OC[O]. The molecule has 1 radical (unpaired) electrons. The summed E-state index contributed by atoms with van der Waals surface area (Å²) in [5, 5.41) is 9.46. The van der Waals surface area contributed by atoms with Gasteiger partial charge in [-0.15, -0.1) is 0 Å². The van der Waals surface area contributed by atoms with Gasteiger partial charge >= 0.3 is 5.97 Å². The molecule has 0 saturated heterocycles. The van der Waals surface area contributed by atoms with Crippen LogP contribution in [0.4, 0.5) is 0 Å². The Balaban J connectivity index is 3.00. The minimum Gasteiger partial charge on any atom is -0.436 e. The van der Waals surface area contributed by atoms with Crippen LogP contribution in [-0.2, 0) is 14.6 Å². The van der Waals surface area contributed by atoms with Gasteiger partial charge in [0.05, 0.1) is 0 Å². The largest absolute Gasteiger partial charge is 0.436 e. The van der Waals surface area contributed by atoms with Crippen LogP contribution in [0.1, 0.15) is 13.3 Å². The molecule has 0 atom stereocenters. The molecule has 0 aliphatic heterocycles. The molecule has 0 amide bonds. The van der Waals surface area contributed by atoms with Gasteiger partial charge in [0.25, 0.3) is 0 Å². The van der Waals surface area contributed by atoms with E-state index in [2.05, 4.69) is 4.74 Å². The van der Waals surface area contributed by atoms with E-state index in [9.17, 15) is 9.90 Å². The molecule has 0 aromatic carbocycles. The van der Waals surface area contributed by atoms with Gasteiger partial charge < -0.3 is 4.74 Å². The maximum Gasteiger partial charge on any atom is 0.307 e. The van der Waals surface area contributed by atoms with Crippen LogP contribution in [0, 0.1) is 0 Å². The molecule has 41 valence electrons. The van der Waals surface area contributed by atoms with E-state index in [1.807, 2.05) is 0 Å². The number of carbonyl (C=O) groups excluding carboxylic acids is 1. The molecule has 0 fully saturated rings. The summed E-state index contributed by atoms with van der Waals surface area (Å²) in [4.78, 5) is 9.99. The van der Waals surface area contributed by atoms with Crippen molar-refractivity contribution in [3.63, 3.8) is 0 Å². The highest BCUT2D eigenvalue weighted by molar-refractivity contribution is 5.68. The quantitative estimate of drug-likeness (QED) is 0.373. The zero-order valence-electron chi connectivity index (χ0n) is 4.14. The predicted octanol–water partition coefficient (Wildman–Crippen LogP) is 0.328. The number of carbonyl (C=O) groups is 1. The third-order valence-electron chi connectivity index (χ3n) is 0.509. The Kier molecular flexibility index (Phi) is 3.32. The predicted molar refractivity (Wildman–Crippen MR) is 21.9 cm³/mol. The lowest BCUT2D eigenvalue weighted by molar-refractivity contribution is -0.155. The van der Waals surface area contributed by atoms with Gasteiger partial charge in [-0.3, -0.25) is 4.79 Å². The lowest BCUT2D eigenvalue weighted by atomic mass is 10.5. The van der Waals surface area contributed by atoms with E-state index < -0.39 is 12.8 Å². The summed E-state index contributed by atoms with van der Waals surface area (Å²) in [7, 11) is 0. The Morgan fingerprint density at radius 2 is 2.29 bits per heavy atom. The summed E-state index contributed by atoms with van der Waals surface area (Å²) in [5.41, 5.74) is 0. The van der Waals surface area contributed by atoms with Gasteiger partial charge in [-0.1, -0.05) is 6.92 Å². The smallest absolute Gasteiger partial charge is 0.307 e. The van der Waals surface area contributed by atoms with Crippen LogP contribution in [0.3, 0.4) is 0 Å². The second-order valence-corrected chi connectivity index (χ2v) is 0.988. The molecule has 0 bridgehead atoms. The summed E-state index contributed by atoms with van der Waals surface area (Å²) in [6, 6.07) is 0. The van der Waals surface area contributed by atoms with Crippen molar-refractivity contribution >= 4 is 5.97 Å². The summed E-state index contributed by atoms with van der Waals surface area (Å²) < 4.78 is 4.00. The van der Waals surface area contributed by atoms with Crippen molar-refractivity contribution in [2.75, 3.05) is 6.79 Å². The highest BCUT2D eigenvalue weighted by Gasteiger charge is 1.92. The molecule has 7 heavy (non-hydrogen) atoms. The molecule has 3 nitrogen and oxygen atoms in total. The summed E-state index contributed by atoms with van der Waals surface area (Å²) in [6.07, 6.45) is 0.280. The summed E-state index contributed by atoms with van der Waals surface area (Å²) >= 11 is 0. The maximum absolute atomic E-state index is 9.99. The molecular formula is C4H7O3. The van der Waals surface area contributed by atoms with E-state index in [1.165, 1.54) is 0 Å². The van der Waals surface area contributed by atoms with E-state index in [-0.39, 0.29) is 6.42 Å². The number of rotatable bonds is 2.